The number of benzene rings is 3. The molecular weight excluding hydrogens is 311 g/mol. The van der Waals surface area contributed by atoms with Crippen LogP contribution < -0.4 is 5.32 Å². The predicted molar refractivity (Wildman–Crippen MR) is 99.0 cm³/mol. The van der Waals surface area contributed by atoms with Crippen molar-refractivity contribution in [2.75, 3.05) is 0 Å². The van der Waals surface area contributed by atoms with Gasteiger partial charge in [-0.2, -0.15) is 0 Å². The summed E-state index contributed by atoms with van der Waals surface area (Å²) < 4.78 is 14.0. The van der Waals surface area contributed by atoms with Gasteiger partial charge in [-0.15, -0.1) is 0 Å². The van der Waals surface area contributed by atoms with Crippen molar-refractivity contribution in [1.29, 1.82) is 0 Å². The van der Waals surface area contributed by atoms with E-state index >= 15 is 0 Å². The molecule has 0 spiro atoms. The molecule has 0 aliphatic carbocycles. The van der Waals surface area contributed by atoms with E-state index in [1.54, 1.807) is 6.07 Å². The summed E-state index contributed by atoms with van der Waals surface area (Å²) in [6.07, 6.45) is 0.472. The third-order valence-corrected chi connectivity index (χ3v) is 4.55. The molecule has 0 aromatic heterocycles. The van der Waals surface area contributed by atoms with Gasteiger partial charge < -0.3 is 5.32 Å². The molecule has 0 radical (unpaired) electrons. The summed E-state index contributed by atoms with van der Waals surface area (Å²) in [6, 6.07) is 27.5. The Morgan fingerprint density at radius 1 is 0.760 bits per heavy atom. The minimum atomic E-state index is -0.188. The van der Waals surface area contributed by atoms with Crippen molar-refractivity contribution >= 4 is 5.84 Å². The molecule has 0 amide bonds. The number of rotatable bonds is 4. The number of hydrogen-bond donors (Lipinski definition) is 1. The highest BCUT2D eigenvalue weighted by Gasteiger charge is 2.31. The minimum absolute atomic E-state index is 0.00891. The summed E-state index contributed by atoms with van der Waals surface area (Å²) in [5.74, 6) is 0.638. The van der Waals surface area contributed by atoms with Crippen molar-refractivity contribution in [3.8, 4) is 0 Å². The van der Waals surface area contributed by atoms with Gasteiger partial charge in [0, 0.05) is 6.42 Å². The highest BCUT2D eigenvalue weighted by Crippen LogP contribution is 2.36. The molecule has 0 bridgehead atoms. The molecule has 124 valence electrons. The van der Waals surface area contributed by atoms with Crippen LogP contribution >= 0.6 is 0 Å². The van der Waals surface area contributed by atoms with Crippen molar-refractivity contribution in [1.82, 2.24) is 5.32 Å². The molecule has 1 aliphatic rings. The molecule has 3 aromatic rings. The largest absolute Gasteiger partial charge is 0.364 e. The molecule has 0 saturated carbocycles. The van der Waals surface area contributed by atoms with Gasteiger partial charge in [0.05, 0.1) is 6.04 Å². The van der Waals surface area contributed by atoms with Crippen molar-refractivity contribution in [2.45, 2.75) is 18.5 Å². The van der Waals surface area contributed by atoms with Crippen LogP contribution in [0.3, 0.4) is 0 Å². The summed E-state index contributed by atoms with van der Waals surface area (Å²) >= 11 is 0. The number of aliphatic imine (C=N–C) groups is 1. The van der Waals surface area contributed by atoms with Crippen molar-refractivity contribution in [2.24, 2.45) is 4.99 Å². The number of nitrogens with one attached hydrogen (secondary N) is 1. The maximum atomic E-state index is 14.0. The molecule has 0 saturated heterocycles. The lowest BCUT2D eigenvalue weighted by Crippen LogP contribution is -2.26. The predicted octanol–water partition coefficient (Wildman–Crippen LogP) is 4.85. The van der Waals surface area contributed by atoms with Crippen LogP contribution in [0, 0.1) is 5.82 Å². The fourth-order valence-corrected chi connectivity index (χ4v) is 3.30. The summed E-state index contributed by atoms with van der Waals surface area (Å²) in [6.45, 7) is 0. The third-order valence-electron chi connectivity index (χ3n) is 4.55. The zero-order valence-electron chi connectivity index (χ0n) is 13.8. The molecule has 3 heteroatoms. The van der Waals surface area contributed by atoms with E-state index in [0.717, 1.165) is 11.4 Å². The van der Waals surface area contributed by atoms with Crippen LogP contribution in [0.1, 0.15) is 28.8 Å². The molecule has 2 nitrogen and oxygen atoms in total. The van der Waals surface area contributed by atoms with Crippen LogP contribution in [-0.4, -0.2) is 5.84 Å². The highest BCUT2D eigenvalue weighted by molar-refractivity contribution is 5.87. The first-order chi connectivity index (χ1) is 12.3. The zero-order valence-corrected chi connectivity index (χ0v) is 13.8. The standard InChI is InChI=1S/C22H19FN2/c23-19-14-8-7-13-18(19)15-20-24-21(16-9-3-1-4-10-16)22(25-20)17-11-5-2-6-12-17/h1-14,21-22H,15H2,(H,24,25). The van der Waals surface area contributed by atoms with Gasteiger partial charge in [0.15, 0.2) is 0 Å². The molecule has 1 aliphatic heterocycles. The Kier molecular flexibility index (Phi) is 4.30. The summed E-state index contributed by atoms with van der Waals surface area (Å²) in [7, 11) is 0. The first-order valence-electron chi connectivity index (χ1n) is 8.48. The fraction of sp³-hybridized carbons (Fsp3) is 0.136. The van der Waals surface area contributed by atoms with Crippen molar-refractivity contribution < 1.29 is 4.39 Å². The number of amidine groups is 1. The first-order valence-corrected chi connectivity index (χ1v) is 8.48. The molecule has 2 unspecified atom stereocenters. The average molecular weight is 330 g/mol. The van der Waals surface area contributed by atoms with E-state index in [1.807, 2.05) is 48.5 Å². The molecule has 1 N–H and O–H groups in total. The minimum Gasteiger partial charge on any atom is -0.364 e. The van der Waals surface area contributed by atoms with Gasteiger partial charge >= 0.3 is 0 Å². The van der Waals surface area contributed by atoms with Crippen molar-refractivity contribution in [3.63, 3.8) is 0 Å². The summed E-state index contributed by atoms with van der Waals surface area (Å²) in [5, 5.41) is 3.51. The average Bonchev–Trinajstić information content (AvgIpc) is 3.09. The molecule has 2 atom stereocenters. The molecule has 0 fully saturated rings. The summed E-state index contributed by atoms with van der Waals surface area (Å²) in [4.78, 5) is 4.89. The Hall–Kier alpha value is -2.94. The van der Waals surface area contributed by atoms with Crippen LogP contribution in [0.4, 0.5) is 4.39 Å². The van der Waals surface area contributed by atoms with Crippen LogP contribution in [0.15, 0.2) is 89.9 Å². The Morgan fingerprint density at radius 3 is 2.04 bits per heavy atom. The van der Waals surface area contributed by atoms with Gasteiger partial charge in [-0.3, -0.25) is 4.99 Å². The summed E-state index contributed by atoms with van der Waals surface area (Å²) in [5.41, 5.74) is 3.00. The van der Waals surface area contributed by atoms with Gasteiger partial charge in [0.2, 0.25) is 0 Å². The monoisotopic (exact) mass is 330 g/mol. The van der Waals surface area contributed by atoms with Crippen LogP contribution in [0.25, 0.3) is 0 Å². The first kappa shape index (κ1) is 15.6. The van der Waals surface area contributed by atoms with E-state index in [1.165, 1.54) is 11.6 Å². The van der Waals surface area contributed by atoms with Gasteiger partial charge in [0.25, 0.3) is 0 Å². The Bertz CT molecular complexity index is 875. The topological polar surface area (TPSA) is 24.4 Å². The third kappa shape index (κ3) is 3.31. The van der Waals surface area contributed by atoms with Crippen LogP contribution in [0.2, 0.25) is 0 Å². The lowest BCUT2D eigenvalue weighted by atomic mass is 9.95. The zero-order chi connectivity index (χ0) is 17.1. The molecular formula is C22H19FN2. The van der Waals surface area contributed by atoms with Gasteiger partial charge in [-0.25, -0.2) is 4.39 Å². The number of halogens is 1. The van der Waals surface area contributed by atoms with E-state index in [2.05, 4.69) is 29.6 Å². The van der Waals surface area contributed by atoms with E-state index in [0.29, 0.717) is 12.0 Å². The number of hydrogen-bond acceptors (Lipinski definition) is 2. The van der Waals surface area contributed by atoms with Crippen LogP contribution in [-0.2, 0) is 6.42 Å². The van der Waals surface area contributed by atoms with Gasteiger partial charge in [0.1, 0.15) is 17.7 Å². The van der Waals surface area contributed by atoms with E-state index in [-0.39, 0.29) is 17.9 Å². The van der Waals surface area contributed by atoms with Crippen molar-refractivity contribution in [3.05, 3.63) is 107 Å². The molecule has 1 heterocycles. The Labute approximate surface area is 147 Å². The SMILES string of the molecule is Fc1ccccc1CC1=NC(c2ccccc2)C(c2ccccc2)N1. The molecule has 3 aromatic carbocycles. The van der Waals surface area contributed by atoms with E-state index < -0.39 is 0 Å². The van der Waals surface area contributed by atoms with Crippen LogP contribution in [0.5, 0.6) is 0 Å². The maximum Gasteiger partial charge on any atom is 0.126 e. The van der Waals surface area contributed by atoms with Gasteiger partial charge in [-0.05, 0) is 22.8 Å². The highest BCUT2D eigenvalue weighted by atomic mass is 19.1. The van der Waals surface area contributed by atoms with E-state index in [4.69, 9.17) is 4.99 Å². The second-order valence-electron chi connectivity index (χ2n) is 6.23. The quantitative estimate of drug-likeness (QED) is 0.726. The van der Waals surface area contributed by atoms with E-state index in [9.17, 15) is 4.39 Å². The second-order valence-corrected chi connectivity index (χ2v) is 6.23. The lowest BCUT2D eigenvalue weighted by Gasteiger charge is -2.19. The molecule has 4 rings (SSSR count). The maximum absolute atomic E-state index is 14.0. The smallest absolute Gasteiger partial charge is 0.126 e. The normalized spacial score (nSPS) is 19.3. The fourth-order valence-electron chi connectivity index (χ4n) is 3.30. The molecule has 25 heavy (non-hydrogen) atoms. The Morgan fingerprint density at radius 2 is 1.36 bits per heavy atom. The van der Waals surface area contributed by atoms with Gasteiger partial charge in [-0.1, -0.05) is 78.9 Å². The Balaban J connectivity index is 1.66. The second kappa shape index (κ2) is 6.89. The lowest BCUT2D eigenvalue weighted by molar-refractivity contribution is 0.571. The number of nitrogens with zero attached hydrogens (tertiary/aromatic N) is 1.